The van der Waals surface area contributed by atoms with Gasteiger partial charge in [0, 0.05) is 29.9 Å². The lowest BCUT2D eigenvalue weighted by Crippen LogP contribution is -2.34. The van der Waals surface area contributed by atoms with Crippen molar-refractivity contribution in [3.63, 3.8) is 0 Å². The maximum absolute atomic E-state index is 12.0. The van der Waals surface area contributed by atoms with Crippen molar-refractivity contribution in [1.29, 1.82) is 0 Å². The lowest BCUT2D eigenvalue weighted by Gasteiger charge is -2.11. The molecule has 0 saturated carbocycles. The Balaban J connectivity index is 2.59. The van der Waals surface area contributed by atoms with E-state index in [1.807, 2.05) is 20.8 Å². The second-order valence-corrected chi connectivity index (χ2v) is 5.36. The molecule has 0 heterocycles. The van der Waals surface area contributed by atoms with Gasteiger partial charge in [0.2, 0.25) is 0 Å². The topological polar surface area (TPSA) is 96.2 Å². The van der Waals surface area contributed by atoms with Crippen molar-refractivity contribution in [3.8, 4) is 0 Å². The molecule has 1 aromatic carbocycles. The number of carbonyl (C=O) groups excluding carboxylic acids is 2. The van der Waals surface area contributed by atoms with Crippen LogP contribution in [-0.2, 0) is 0 Å². The van der Waals surface area contributed by atoms with E-state index in [9.17, 15) is 9.59 Å². The largest absolute Gasteiger partial charge is 0.352 e. The van der Waals surface area contributed by atoms with Crippen molar-refractivity contribution in [2.75, 3.05) is 11.9 Å². The van der Waals surface area contributed by atoms with Crippen LogP contribution in [-0.4, -0.2) is 30.6 Å². The molecular weight excluding hydrogens is 268 g/mol. The van der Waals surface area contributed by atoms with Crippen molar-refractivity contribution in [2.24, 2.45) is 5.73 Å². The van der Waals surface area contributed by atoms with Gasteiger partial charge in [-0.05, 0) is 45.4 Å². The minimum atomic E-state index is -0.292. The maximum Gasteiger partial charge on any atom is 0.319 e. The van der Waals surface area contributed by atoms with Gasteiger partial charge in [-0.3, -0.25) is 4.79 Å². The second-order valence-electron chi connectivity index (χ2n) is 5.36. The lowest BCUT2D eigenvalue weighted by molar-refractivity contribution is 0.0952. The van der Waals surface area contributed by atoms with Gasteiger partial charge >= 0.3 is 6.03 Å². The quantitative estimate of drug-likeness (QED) is 0.642. The summed E-state index contributed by atoms with van der Waals surface area (Å²) in [6, 6.07) is 6.62. The van der Waals surface area contributed by atoms with E-state index in [4.69, 9.17) is 5.73 Å². The third kappa shape index (κ3) is 6.76. The molecule has 1 aromatic rings. The molecule has 0 fully saturated rings. The molecule has 0 saturated heterocycles. The van der Waals surface area contributed by atoms with Gasteiger partial charge in [-0.15, -0.1) is 0 Å². The van der Waals surface area contributed by atoms with Gasteiger partial charge in [0.25, 0.3) is 5.91 Å². The first-order valence-electron chi connectivity index (χ1n) is 7.10. The zero-order valence-electron chi connectivity index (χ0n) is 12.8. The maximum atomic E-state index is 12.0. The van der Waals surface area contributed by atoms with Gasteiger partial charge in [0.05, 0.1) is 0 Å². The molecular formula is C15H24N4O2. The fourth-order valence-corrected chi connectivity index (χ4v) is 1.68. The van der Waals surface area contributed by atoms with Gasteiger partial charge < -0.3 is 21.7 Å². The summed E-state index contributed by atoms with van der Waals surface area (Å²) in [7, 11) is 0. The standard InChI is InChI=1S/C15H24N4O2/c1-10(2)18-15(21)19-13-6-4-5-12(9-13)14(20)17-8-7-11(3)16/h4-6,9-11H,7-8,16H2,1-3H3,(H,17,20)(H2,18,19,21). The predicted molar refractivity (Wildman–Crippen MR) is 84.3 cm³/mol. The van der Waals surface area contributed by atoms with Gasteiger partial charge in [0.1, 0.15) is 0 Å². The Hall–Kier alpha value is -2.08. The molecule has 0 aliphatic rings. The number of hydrogen-bond donors (Lipinski definition) is 4. The fraction of sp³-hybridized carbons (Fsp3) is 0.467. The van der Waals surface area contributed by atoms with E-state index in [-0.39, 0.29) is 24.0 Å². The highest BCUT2D eigenvalue weighted by molar-refractivity contribution is 5.96. The van der Waals surface area contributed by atoms with Gasteiger partial charge in [-0.25, -0.2) is 4.79 Å². The van der Waals surface area contributed by atoms with Crippen molar-refractivity contribution >= 4 is 17.6 Å². The van der Waals surface area contributed by atoms with E-state index < -0.39 is 0 Å². The highest BCUT2D eigenvalue weighted by Crippen LogP contribution is 2.10. The zero-order valence-corrected chi connectivity index (χ0v) is 12.8. The van der Waals surface area contributed by atoms with Gasteiger partial charge in [-0.1, -0.05) is 6.07 Å². The number of nitrogens with one attached hydrogen (secondary N) is 3. The molecule has 116 valence electrons. The number of urea groups is 1. The van der Waals surface area contributed by atoms with Crippen molar-refractivity contribution in [3.05, 3.63) is 29.8 Å². The molecule has 6 nitrogen and oxygen atoms in total. The van der Waals surface area contributed by atoms with E-state index in [0.717, 1.165) is 6.42 Å². The number of carbonyl (C=O) groups is 2. The Bertz CT molecular complexity index is 486. The lowest BCUT2D eigenvalue weighted by atomic mass is 10.2. The van der Waals surface area contributed by atoms with Crippen molar-refractivity contribution in [1.82, 2.24) is 10.6 Å². The predicted octanol–water partition coefficient (Wildman–Crippen LogP) is 1.68. The SMILES string of the molecule is CC(N)CCNC(=O)c1cccc(NC(=O)NC(C)C)c1. The minimum Gasteiger partial charge on any atom is -0.352 e. The Morgan fingerprint density at radius 3 is 2.57 bits per heavy atom. The second kappa shape index (κ2) is 8.26. The van der Waals surface area contributed by atoms with Crippen molar-refractivity contribution < 1.29 is 9.59 Å². The normalized spacial score (nSPS) is 11.9. The molecule has 1 rings (SSSR count). The number of nitrogens with two attached hydrogens (primary N) is 1. The van der Waals surface area contributed by atoms with Gasteiger partial charge in [0.15, 0.2) is 0 Å². The molecule has 1 unspecified atom stereocenters. The summed E-state index contributed by atoms with van der Waals surface area (Å²) in [5, 5.41) is 8.21. The zero-order chi connectivity index (χ0) is 15.8. The van der Waals surface area contributed by atoms with E-state index in [1.165, 1.54) is 0 Å². The monoisotopic (exact) mass is 292 g/mol. The molecule has 21 heavy (non-hydrogen) atoms. The van der Waals surface area contributed by atoms with E-state index in [1.54, 1.807) is 24.3 Å². The Kier molecular flexibility index (Phi) is 6.68. The molecule has 1 atom stereocenters. The van der Waals surface area contributed by atoms with Crippen LogP contribution in [0.4, 0.5) is 10.5 Å². The van der Waals surface area contributed by atoms with E-state index in [0.29, 0.717) is 17.8 Å². The number of hydrogen-bond acceptors (Lipinski definition) is 3. The van der Waals surface area contributed by atoms with Crippen LogP contribution in [0.1, 0.15) is 37.6 Å². The molecule has 0 bridgehead atoms. The van der Waals surface area contributed by atoms with Crippen LogP contribution >= 0.6 is 0 Å². The first-order chi connectivity index (χ1) is 9.88. The first kappa shape index (κ1) is 17.0. The van der Waals surface area contributed by atoms with Crippen LogP contribution in [0.15, 0.2) is 24.3 Å². The third-order valence-corrected chi connectivity index (χ3v) is 2.69. The fourth-order valence-electron chi connectivity index (χ4n) is 1.68. The summed E-state index contributed by atoms with van der Waals surface area (Å²) in [5.41, 5.74) is 6.71. The van der Waals surface area contributed by atoms with Crippen LogP contribution in [0.2, 0.25) is 0 Å². The van der Waals surface area contributed by atoms with Crippen LogP contribution in [0.25, 0.3) is 0 Å². The van der Waals surface area contributed by atoms with Crippen molar-refractivity contribution in [2.45, 2.75) is 39.3 Å². The highest BCUT2D eigenvalue weighted by Gasteiger charge is 2.08. The Morgan fingerprint density at radius 1 is 1.24 bits per heavy atom. The highest BCUT2D eigenvalue weighted by atomic mass is 16.2. The summed E-state index contributed by atoms with van der Waals surface area (Å²) in [4.78, 5) is 23.6. The molecule has 5 N–H and O–H groups in total. The van der Waals surface area contributed by atoms with E-state index >= 15 is 0 Å². The van der Waals surface area contributed by atoms with Crippen LogP contribution in [0.5, 0.6) is 0 Å². The van der Waals surface area contributed by atoms with Crippen LogP contribution < -0.4 is 21.7 Å². The summed E-state index contributed by atoms with van der Waals surface area (Å²) in [6.45, 7) is 6.18. The number of benzene rings is 1. The molecule has 0 spiro atoms. The first-order valence-corrected chi connectivity index (χ1v) is 7.10. The summed E-state index contributed by atoms with van der Waals surface area (Å²) < 4.78 is 0. The van der Waals surface area contributed by atoms with Gasteiger partial charge in [-0.2, -0.15) is 0 Å². The number of rotatable bonds is 6. The molecule has 0 radical (unpaired) electrons. The molecule has 0 aliphatic carbocycles. The average Bonchev–Trinajstić information content (AvgIpc) is 2.37. The molecule has 6 heteroatoms. The molecule has 0 aromatic heterocycles. The summed E-state index contributed by atoms with van der Waals surface area (Å²) in [5.74, 6) is -0.177. The smallest absolute Gasteiger partial charge is 0.319 e. The Labute approximate surface area is 125 Å². The average molecular weight is 292 g/mol. The summed E-state index contributed by atoms with van der Waals surface area (Å²) >= 11 is 0. The van der Waals surface area contributed by atoms with Crippen LogP contribution in [0.3, 0.4) is 0 Å². The third-order valence-electron chi connectivity index (χ3n) is 2.69. The van der Waals surface area contributed by atoms with Crippen LogP contribution in [0, 0.1) is 0 Å². The Morgan fingerprint density at radius 2 is 1.95 bits per heavy atom. The molecule has 3 amide bonds. The number of amides is 3. The number of anilines is 1. The van der Waals surface area contributed by atoms with E-state index in [2.05, 4.69) is 16.0 Å². The summed E-state index contributed by atoms with van der Waals surface area (Å²) in [6.07, 6.45) is 0.723. The molecule has 0 aliphatic heterocycles. The minimum absolute atomic E-state index is 0.0507.